The molecule has 5 nitrogen and oxygen atoms in total. The maximum Gasteiger partial charge on any atom is 0.138 e. The molecule has 0 fully saturated rings. The number of nitrogens with zero attached hydrogens (tertiary/aromatic N) is 3. The summed E-state index contributed by atoms with van der Waals surface area (Å²) in [6, 6.07) is 7.32. The van der Waals surface area contributed by atoms with Crippen molar-refractivity contribution in [2.75, 3.05) is 0 Å². The summed E-state index contributed by atoms with van der Waals surface area (Å²) in [6.45, 7) is 7.03. The van der Waals surface area contributed by atoms with E-state index < -0.39 is 0 Å². The topological polar surface area (TPSA) is 66.0 Å². The van der Waals surface area contributed by atoms with Crippen LogP contribution in [0.4, 0.5) is 0 Å². The molecule has 6 heteroatoms. The third kappa shape index (κ3) is 3.37. The lowest BCUT2D eigenvalue weighted by molar-refractivity contribution is 0.292. The summed E-state index contributed by atoms with van der Waals surface area (Å²) in [7, 11) is 0. The van der Waals surface area contributed by atoms with Crippen LogP contribution in [0.15, 0.2) is 36.4 Å². The number of para-hydroxylation sites is 1. The van der Waals surface area contributed by atoms with E-state index in [2.05, 4.69) is 16.9 Å². The molecule has 0 atom stereocenters. The average Bonchev–Trinajstić information content (AvgIpc) is 2.79. The van der Waals surface area contributed by atoms with Crippen LogP contribution in [0.3, 0.4) is 0 Å². The highest BCUT2D eigenvalue weighted by molar-refractivity contribution is 6.32. The van der Waals surface area contributed by atoms with Gasteiger partial charge in [-0.25, -0.2) is 4.68 Å². The Hall–Kier alpha value is -1.85. The normalized spacial score (nSPS) is 10.6. The highest BCUT2D eigenvalue weighted by Crippen LogP contribution is 2.24. The van der Waals surface area contributed by atoms with E-state index in [0.29, 0.717) is 30.5 Å². The molecule has 0 saturated heterocycles. The van der Waals surface area contributed by atoms with E-state index in [9.17, 15) is 0 Å². The van der Waals surface area contributed by atoms with Gasteiger partial charge in [0.15, 0.2) is 0 Å². The second-order valence-corrected chi connectivity index (χ2v) is 4.93. The van der Waals surface area contributed by atoms with Crippen LogP contribution in [0, 0.1) is 0 Å². The third-order valence-electron chi connectivity index (χ3n) is 2.73. The molecule has 1 aromatic carbocycles. The quantitative estimate of drug-likeness (QED) is 0.831. The number of hydrogen-bond donors (Lipinski definition) is 1. The lowest BCUT2D eigenvalue weighted by Crippen LogP contribution is -2.11. The van der Waals surface area contributed by atoms with Crippen LogP contribution in [0.2, 0.25) is 5.02 Å². The number of aromatic nitrogens is 3. The highest BCUT2D eigenvalue weighted by Gasteiger charge is 2.13. The molecule has 1 heterocycles. The van der Waals surface area contributed by atoms with Gasteiger partial charge in [0, 0.05) is 6.54 Å². The van der Waals surface area contributed by atoms with Gasteiger partial charge < -0.3 is 10.5 Å². The molecule has 0 aliphatic rings. The van der Waals surface area contributed by atoms with Gasteiger partial charge in [-0.15, -0.1) is 5.10 Å². The van der Waals surface area contributed by atoms with E-state index in [1.807, 2.05) is 25.1 Å². The van der Waals surface area contributed by atoms with Gasteiger partial charge in [0.25, 0.3) is 0 Å². The smallest absolute Gasteiger partial charge is 0.138 e. The van der Waals surface area contributed by atoms with Gasteiger partial charge in [-0.05, 0) is 19.1 Å². The summed E-state index contributed by atoms with van der Waals surface area (Å²) >= 11 is 6.06. The number of allylic oxidation sites excluding steroid dienone is 1. The Morgan fingerprint density at radius 3 is 2.85 bits per heavy atom. The minimum atomic E-state index is 0.316. The second kappa shape index (κ2) is 6.54. The molecule has 1 aromatic heterocycles. The molecule has 0 unspecified atom stereocenters. The lowest BCUT2D eigenvalue weighted by atomic mass is 10.3. The van der Waals surface area contributed by atoms with Crippen LogP contribution in [0.1, 0.15) is 18.3 Å². The molecule has 20 heavy (non-hydrogen) atoms. The molecule has 0 saturated carbocycles. The van der Waals surface area contributed by atoms with Gasteiger partial charge in [-0.1, -0.05) is 41.1 Å². The maximum absolute atomic E-state index is 6.06. The van der Waals surface area contributed by atoms with Crippen LogP contribution < -0.4 is 10.5 Å². The number of ether oxygens (including phenoxy) is 1. The lowest BCUT2D eigenvalue weighted by Gasteiger charge is -2.10. The number of benzene rings is 1. The standard InChI is InChI=1S/C14H17ClN4O/c1-10(2)8-19-13(12(7-16)17-18-19)9-20-14-6-4-3-5-11(14)15/h3-6H,1,7-9,16H2,2H3. The minimum Gasteiger partial charge on any atom is -0.486 e. The molecule has 2 N–H and O–H groups in total. The molecule has 2 aromatic rings. The Morgan fingerprint density at radius 1 is 1.45 bits per heavy atom. The van der Waals surface area contributed by atoms with Gasteiger partial charge >= 0.3 is 0 Å². The molecule has 0 spiro atoms. The van der Waals surface area contributed by atoms with Crippen LogP contribution in [-0.2, 0) is 19.7 Å². The van der Waals surface area contributed by atoms with Gasteiger partial charge in [-0.2, -0.15) is 0 Å². The predicted octanol–water partition coefficient (Wildman–Crippen LogP) is 2.55. The van der Waals surface area contributed by atoms with Crippen molar-refractivity contribution in [3.63, 3.8) is 0 Å². The monoisotopic (exact) mass is 292 g/mol. The van der Waals surface area contributed by atoms with Crippen molar-refractivity contribution in [1.82, 2.24) is 15.0 Å². The van der Waals surface area contributed by atoms with Crippen molar-refractivity contribution in [2.45, 2.75) is 26.6 Å². The van der Waals surface area contributed by atoms with Crippen LogP contribution in [-0.4, -0.2) is 15.0 Å². The summed E-state index contributed by atoms with van der Waals surface area (Å²) in [6.07, 6.45) is 0. The zero-order valence-corrected chi connectivity index (χ0v) is 12.1. The van der Waals surface area contributed by atoms with Gasteiger partial charge in [0.1, 0.15) is 23.7 Å². The molecule has 106 valence electrons. The van der Waals surface area contributed by atoms with E-state index in [0.717, 1.165) is 17.0 Å². The fourth-order valence-electron chi connectivity index (χ4n) is 1.78. The zero-order chi connectivity index (χ0) is 14.5. The molecule has 2 rings (SSSR count). The van der Waals surface area contributed by atoms with Gasteiger partial charge in [0.2, 0.25) is 0 Å². The van der Waals surface area contributed by atoms with Crippen molar-refractivity contribution in [3.05, 3.63) is 52.8 Å². The summed E-state index contributed by atoms with van der Waals surface area (Å²) in [5.74, 6) is 0.625. The Kier molecular flexibility index (Phi) is 4.76. The first-order chi connectivity index (χ1) is 9.61. The van der Waals surface area contributed by atoms with Crippen molar-refractivity contribution in [1.29, 1.82) is 0 Å². The largest absolute Gasteiger partial charge is 0.486 e. The first-order valence-electron chi connectivity index (χ1n) is 6.25. The first-order valence-corrected chi connectivity index (χ1v) is 6.62. The van der Waals surface area contributed by atoms with Gasteiger partial charge in [-0.3, -0.25) is 0 Å². The predicted molar refractivity (Wildman–Crippen MR) is 78.5 cm³/mol. The van der Waals surface area contributed by atoms with Gasteiger partial charge in [0.05, 0.1) is 11.6 Å². The summed E-state index contributed by atoms with van der Waals surface area (Å²) in [4.78, 5) is 0. The number of halogens is 1. The summed E-state index contributed by atoms with van der Waals surface area (Å²) < 4.78 is 7.48. The van der Waals surface area contributed by atoms with E-state index in [4.69, 9.17) is 22.1 Å². The first kappa shape index (κ1) is 14.6. The Labute approximate surface area is 123 Å². The van der Waals surface area contributed by atoms with E-state index >= 15 is 0 Å². The van der Waals surface area contributed by atoms with E-state index in [1.54, 1.807) is 10.7 Å². The van der Waals surface area contributed by atoms with E-state index in [1.165, 1.54) is 0 Å². The molecule has 0 aliphatic carbocycles. The van der Waals surface area contributed by atoms with Crippen molar-refractivity contribution < 1.29 is 4.74 Å². The number of nitrogens with two attached hydrogens (primary N) is 1. The van der Waals surface area contributed by atoms with Crippen molar-refractivity contribution >= 4 is 11.6 Å². The van der Waals surface area contributed by atoms with E-state index in [-0.39, 0.29) is 0 Å². The van der Waals surface area contributed by atoms with Crippen LogP contribution >= 0.6 is 11.6 Å². The van der Waals surface area contributed by atoms with Crippen molar-refractivity contribution in [2.24, 2.45) is 5.73 Å². The summed E-state index contributed by atoms with van der Waals surface area (Å²) in [5, 5.41) is 8.70. The molecule has 0 radical (unpaired) electrons. The summed E-state index contributed by atoms with van der Waals surface area (Å²) in [5.41, 5.74) is 8.22. The third-order valence-corrected chi connectivity index (χ3v) is 3.04. The highest BCUT2D eigenvalue weighted by atomic mass is 35.5. The second-order valence-electron chi connectivity index (χ2n) is 4.52. The molecular formula is C14H17ClN4O. The number of hydrogen-bond acceptors (Lipinski definition) is 4. The maximum atomic E-state index is 6.06. The minimum absolute atomic E-state index is 0.316. The molecular weight excluding hydrogens is 276 g/mol. The Bertz CT molecular complexity index is 609. The molecule has 0 amide bonds. The average molecular weight is 293 g/mol. The Morgan fingerprint density at radius 2 is 2.20 bits per heavy atom. The van der Waals surface area contributed by atoms with Crippen molar-refractivity contribution in [3.8, 4) is 5.75 Å². The molecule has 0 bridgehead atoms. The number of rotatable bonds is 6. The molecule has 0 aliphatic heterocycles. The fraction of sp³-hybridized carbons (Fsp3) is 0.286. The zero-order valence-electron chi connectivity index (χ0n) is 11.3. The Balaban J connectivity index is 2.17. The van der Waals surface area contributed by atoms with Crippen LogP contribution in [0.5, 0.6) is 5.75 Å². The fourth-order valence-corrected chi connectivity index (χ4v) is 1.97. The van der Waals surface area contributed by atoms with Crippen LogP contribution in [0.25, 0.3) is 0 Å². The SMILES string of the molecule is C=C(C)Cn1nnc(CN)c1COc1ccccc1Cl.